The largest absolute Gasteiger partial charge is 0.376 e. The highest BCUT2D eigenvalue weighted by Gasteiger charge is 2.16. The molecule has 2 aromatic heterocycles. The summed E-state index contributed by atoms with van der Waals surface area (Å²) >= 11 is 0. The van der Waals surface area contributed by atoms with E-state index in [1.165, 1.54) is 0 Å². The molecule has 1 atom stereocenters. The van der Waals surface area contributed by atoms with Gasteiger partial charge in [0.15, 0.2) is 0 Å². The van der Waals surface area contributed by atoms with Gasteiger partial charge >= 0.3 is 6.03 Å². The number of aryl methyl sites for hydroxylation is 1. The Hall–Kier alpha value is -2.12. The second kappa shape index (κ2) is 6.97. The zero-order valence-electron chi connectivity index (χ0n) is 13.6. The molecule has 1 aliphatic heterocycles. The second-order valence-electron chi connectivity index (χ2n) is 5.93. The number of ether oxygens (including phenoxy) is 1. The molecule has 0 spiro atoms. The highest BCUT2D eigenvalue weighted by molar-refractivity contribution is 5.89. The number of amides is 2. The van der Waals surface area contributed by atoms with Crippen LogP contribution in [0.2, 0.25) is 0 Å². The molecule has 0 aliphatic carbocycles. The molecule has 0 bridgehead atoms. The molecule has 3 rings (SSSR count). The lowest BCUT2D eigenvalue weighted by molar-refractivity contribution is -0.0174. The summed E-state index contributed by atoms with van der Waals surface area (Å²) in [5, 5.41) is 5.77. The molecular weight excluding hydrogens is 294 g/mol. The third-order valence-electron chi connectivity index (χ3n) is 3.97. The first-order valence-corrected chi connectivity index (χ1v) is 7.94. The number of hydrogen-bond acceptors (Lipinski definition) is 4. The van der Waals surface area contributed by atoms with Crippen LogP contribution in [0.3, 0.4) is 0 Å². The van der Waals surface area contributed by atoms with Gasteiger partial charge in [0, 0.05) is 44.8 Å². The number of aromatic nitrogens is 2. The molecule has 1 unspecified atom stereocenters. The van der Waals surface area contributed by atoms with Crippen molar-refractivity contribution in [3.63, 3.8) is 0 Å². The minimum Gasteiger partial charge on any atom is -0.376 e. The molecule has 2 N–H and O–H groups in total. The number of imidazole rings is 1. The summed E-state index contributed by atoms with van der Waals surface area (Å²) in [5.41, 5.74) is 2.68. The maximum atomic E-state index is 12.0. The van der Waals surface area contributed by atoms with E-state index in [0.717, 1.165) is 43.1 Å². The van der Waals surface area contributed by atoms with Crippen molar-refractivity contribution in [1.82, 2.24) is 19.6 Å². The lowest BCUT2D eigenvalue weighted by Gasteiger charge is -2.30. The van der Waals surface area contributed by atoms with Crippen molar-refractivity contribution in [3.05, 3.63) is 30.2 Å². The quantitative estimate of drug-likeness (QED) is 0.896. The first kappa shape index (κ1) is 15.8. The van der Waals surface area contributed by atoms with Crippen molar-refractivity contribution >= 4 is 17.4 Å². The third kappa shape index (κ3) is 4.00. The number of carbonyl (C=O) groups is 1. The van der Waals surface area contributed by atoms with Gasteiger partial charge in [0.2, 0.25) is 0 Å². The normalized spacial score (nSPS) is 19.0. The van der Waals surface area contributed by atoms with Gasteiger partial charge in [-0.3, -0.25) is 4.90 Å². The minimum atomic E-state index is -0.190. The van der Waals surface area contributed by atoms with Gasteiger partial charge in [0.1, 0.15) is 5.65 Å². The monoisotopic (exact) mass is 317 g/mol. The number of urea groups is 1. The van der Waals surface area contributed by atoms with Crippen LogP contribution in [-0.2, 0) is 4.74 Å². The zero-order valence-corrected chi connectivity index (χ0v) is 13.6. The topological polar surface area (TPSA) is 70.9 Å². The van der Waals surface area contributed by atoms with Gasteiger partial charge in [0.05, 0.1) is 18.4 Å². The predicted molar refractivity (Wildman–Crippen MR) is 88.8 cm³/mol. The third-order valence-corrected chi connectivity index (χ3v) is 3.97. The highest BCUT2D eigenvalue weighted by Crippen LogP contribution is 2.14. The molecule has 1 fully saturated rings. The van der Waals surface area contributed by atoms with Crippen LogP contribution in [0.5, 0.6) is 0 Å². The van der Waals surface area contributed by atoms with Gasteiger partial charge < -0.3 is 19.8 Å². The van der Waals surface area contributed by atoms with Crippen LogP contribution in [0.15, 0.2) is 24.7 Å². The first-order valence-electron chi connectivity index (χ1n) is 7.94. The van der Waals surface area contributed by atoms with E-state index in [0.29, 0.717) is 6.54 Å². The zero-order chi connectivity index (χ0) is 16.2. The van der Waals surface area contributed by atoms with Crippen LogP contribution in [-0.4, -0.2) is 59.2 Å². The number of fused-ring (bicyclic) bond motifs is 1. The van der Waals surface area contributed by atoms with E-state index < -0.39 is 0 Å². The summed E-state index contributed by atoms with van der Waals surface area (Å²) in [6.07, 6.45) is 5.74. The summed E-state index contributed by atoms with van der Waals surface area (Å²) in [5.74, 6) is 0. The van der Waals surface area contributed by atoms with E-state index in [1.807, 2.05) is 29.8 Å². The summed E-state index contributed by atoms with van der Waals surface area (Å²) in [4.78, 5) is 18.6. The van der Waals surface area contributed by atoms with Gasteiger partial charge in [-0.05, 0) is 25.5 Å². The number of nitrogens with zero attached hydrogens (tertiary/aromatic N) is 3. The van der Waals surface area contributed by atoms with Crippen molar-refractivity contribution in [2.75, 3.05) is 38.1 Å². The Balaban J connectivity index is 1.48. The number of nitrogens with one attached hydrogen (secondary N) is 2. The van der Waals surface area contributed by atoms with E-state index in [2.05, 4.69) is 27.4 Å². The molecule has 7 heteroatoms. The molecule has 124 valence electrons. The Morgan fingerprint density at radius 2 is 2.39 bits per heavy atom. The fourth-order valence-electron chi connectivity index (χ4n) is 2.87. The molecule has 2 aromatic rings. The Morgan fingerprint density at radius 1 is 1.52 bits per heavy atom. The molecule has 0 radical (unpaired) electrons. The van der Waals surface area contributed by atoms with Crippen LogP contribution in [0.25, 0.3) is 5.65 Å². The van der Waals surface area contributed by atoms with Gasteiger partial charge in [0.25, 0.3) is 0 Å². The van der Waals surface area contributed by atoms with Gasteiger partial charge in [-0.25, -0.2) is 9.78 Å². The number of carbonyl (C=O) groups excluding carboxylic acids is 1. The molecule has 2 amide bonds. The van der Waals surface area contributed by atoms with Crippen LogP contribution in [0.4, 0.5) is 10.5 Å². The van der Waals surface area contributed by atoms with Crippen LogP contribution in [0.1, 0.15) is 12.5 Å². The lowest BCUT2D eigenvalue weighted by Crippen LogP contribution is -2.45. The van der Waals surface area contributed by atoms with Crippen molar-refractivity contribution < 1.29 is 9.53 Å². The van der Waals surface area contributed by atoms with Crippen LogP contribution in [0, 0.1) is 6.92 Å². The molecule has 1 saturated heterocycles. The maximum absolute atomic E-state index is 12.0. The summed E-state index contributed by atoms with van der Waals surface area (Å²) in [7, 11) is 0. The van der Waals surface area contributed by atoms with Crippen LogP contribution >= 0.6 is 0 Å². The average molecular weight is 317 g/mol. The molecular formula is C16H23N5O2. The summed E-state index contributed by atoms with van der Waals surface area (Å²) < 4.78 is 7.41. The van der Waals surface area contributed by atoms with Crippen molar-refractivity contribution in [3.8, 4) is 0 Å². The van der Waals surface area contributed by atoms with Crippen molar-refractivity contribution in [2.45, 2.75) is 20.0 Å². The van der Waals surface area contributed by atoms with Crippen molar-refractivity contribution in [2.24, 2.45) is 0 Å². The summed E-state index contributed by atoms with van der Waals surface area (Å²) in [6, 6.07) is 1.73. The highest BCUT2D eigenvalue weighted by atomic mass is 16.5. The summed E-state index contributed by atoms with van der Waals surface area (Å²) in [6.45, 7) is 8.10. The Morgan fingerprint density at radius 3 is 3.22 bits per heavy atom. The fraction of sp³-hybridized carbons (Fsp3) is 0.500. The Labute approximate surface area is 135 Å². The smallest absolute Gasteiger partial charge is 0.319 e. The molecule has 23 heavy (non-hydrogen) atoms. The number of hydrogen-bond donors (Lipinski definition) is 2. The average Bonchev–Trinajstić information content (AvgIpc) is 2.96. The Kier molecular flexibility index (Phi) is 4.78. The van der Waals surface area contributed by atoms with E-state index in [-0.39, 0.29) is 12.1 Å². The lowest BCUT2D eigenvalue weighted by atomic mass is 10.3. The number of pyridine rings is 1. The maximum Gasteiger partial charge on any atom is 0.319 e. The minimum absolute atomic E-state index is 0.190. The second-order valence-corrected chi connectivity index (χ2v) is 5.93. The van der Waals surface area contributed by atoms with Gasteiger partial charge in [-0.15, -0.1) is 0 Å². The molecule has 1 aliphatic rings. The molecule has 0 aromatic carbocycles. The van der Waals surface area contributed by atoms with E-state index in [4.69, 9.17) is 4.74 Å². The standard InChI is InChI=1S/C16H23N5O2/c1-12-9-14(11-21-6-4-17-15(12)21)19-16(22)18-3-5-20-7-8-23-13(2)10-20/h4,6,9,11,13H,3,5,7-8,10H2,1-2H3,(H2,18,19,22). The Bertz CT molecular complexity index is 684. The fourth-order valence-corrected chi connectivity index (χ4v) is 2.87. The molecule has 0 saturated carbocycles. The number of rotatable bonds is 4. The SMILES string of the molecule is Cc1cc(NC(=O)NCCN2CCOC(C)C2)cn2ccnc12. The van der Waals surface area contributed by atoms with Gasteiger partial charge in [-0.1, -0.05) is 0 Å². The molecule has 7 nitrogen and oxygen atoms in total. The predicted octanol–water partition coefficient (Wildman–Crippen LogP) is 1.48. The first-order chi connectivity index (χ1) is 11.1. The number of anilines is 1. The van der Waals surface area contributed by atoms with Crippen LogP contribution < -0.4 is 10.6 Å². The van der Waals surface area contributed by atoms with Crippen molar-refractivity contribution in [1.29, 1.82) is 0 Å². The van der Waals surface area contributed by atoms with E-state index >= 15 is 0 Å². The van der Waals surface area contributed by atoms with E-state index in [1.54, 1.807) is 6.20 Å². The molecule has 3 heterocycles. The number of morpholine rings is 1. The van der Waals surface area contributed by atoms with E-state index in [9.17, 15) is 4.79 Å². The van der Waals surface area contributed by atoms with Gasteiger partial charge in [-0.2, -0.15) is 0 Å².